The minimum Gasteiger partial charge on any atom is -0.317 e. The van der Waals surface area contributed by atoms with Gasteiger partial charge in [0.2, 0.25) is 5.65 Å². The quantitative estimate of drug-likeness (QED) is 0.751. The number of hydrogen-bond acceptors (Lipinski definition) is 3. The van der Waals surface area contributed by atoms with Crippen LogP contribution in [0.15, 0.2) is 41.5 Å². The number of likely N-dealkylation sites (tertiary alicyclic amines) is 1. The zero-order valence-corrected chi connectivity index (χ0v) is 13.0. The summed E-state index contributed by atoms with van der Waals surface area (Å²) in [4.78, 5) is 22.3. The predicted molar refractivity (Wildman–Crippen MR) is 88.5 cm³/mol. The third-order valence-corrected chi connectivity index (χ3v) is 5.48. The molecule has 1 aromatic carbocycles. The Bertz CT molecular complexity index is 986. The van der Waals surface area contributed by atoms with Crippen molar-refractivity contribution in [3.8, 4) is 11.3 Å². The Morgan fingerprint density at radius 3 is 3.09 bits per heavy atom. The Morgan fingerprint density at radius 1 is 1.35 bits per heavy atom. The van der Waals surface area contributed by atoms with Gasteiger partial charge in [-0.15, -0.1) is 0 Å². The summed E-state index contributed by atoms with van der Waals surface area (Å²) in [7, 11) is 0. The van der Waals surface area contributed by atoms with Crippen LogP contribution in [0.5, 0.6) is 0 Å². The summed E-state index contributed by atoms with van der Waals surface area (Å²) in [6.07, 6.45) is 5.87. The number of aromatic nitrogens is 3. The first-order valence-electron chi connectivity index (χ1n) is 8.22. The zero-order valence-electron chi connectivity index (χ0n) is 13.0. The first-order valence-corrected chi connectivity index (χ1v) is 8.22. The fraction of sp³-hybridized carbons (Fsp3) is 0.333. The fourth-order valence-electron chi connectivity index (χ4n) is 4.67. The van der Waals surface area contributed by atoms with Crippen LogP contribution >= 0.6 is 0 Å². The van der Waals surface area contributed by atoms with Gasteiger partial charge in [-0.2, -0.15) is 0 Å². The summed E-state index contributed by atoms with van der Waals surface area (Å²) in [5, 5.41) is 0. The van der Waals surface area contributed by atoms with Crippen LogP contribution in [0.1, 0.15) is 31.0 Å². The number of nitrogens with one attached hydrogen (secondary N) is 1. The van der Waals surface area contributed by atoms with Crippen LogP contribution in [0.2, 0.25) is 0 Å². The molecule has 1 spiro atoms. The van der Waals surface area contributed by atoms with E-state index in [1.54, 1.807) is 6.20 Å². The van der Waals surface area contributed by atoms with Crippen molar-refractivity contribution in [1.82, 2.24) is 19.3 Å². The van der Waals surface area contributed by atoms with E-state index < -0.39 is 0 Å². The molecule has 23 heavy (non-hydrogen) atoms. The second kappa shape index (κ2) is 4.32. The van der Waals surface area contributed by atoms with Gasteiger partial charge in [-0.1, -0.05) is 31.2 Å². The van der Waals surface area contributed by atoms with Gasteiger partial charge in [0.15, 0.2) is 0 Å². The summed E-state index contributed by atoms with van der Waals surface area (Å²) in [5.41, 5.74) is 4.80. The third-order valence-electron chi connectivity index (χ3n) is 5.48. The Balaban J connectivity index is 1.99. The van der Waals surface area contributed by atoms with E-state index in [0.717, 1.165) is 37.2 Å². The van der Waals surface area contributed by atoms with Crippen LogP contribution in [0.4, 0.5) is 0 Å². The lowest BCUT2D eigenvalue weighted by molar-refractivity contribution is 0.186. The molecule has 0 saturated carbocycles. The molecule has 1 unspecified atom stereocenters. The molecule has 1 aliphatic carbocycles. The molecule has 3 heterocycles. The average Bonchev–Trinajstić information content (AvgIpc) is 3.27. The molecule has 0 amide bonds. The van der Waals surface area contributed by atoms with E-state index in [9.17, 15) is 4.79 Å². The molecule has 116 valence electrons. The first-order chi connectivity index (χ1) is 11.3. The molecule has 5 nitrogen and oxygen atoms in total. The number of H-pyrrole nitrogens is 1. The summed E-state index contributed by atoms with van der Waals surface area (Å²) in [6.45, 7) is 4.28. The average molecular weight is 306 g/mol. The van der Waals surface area contributed by atoms with Crippen LogP contribution in [-0.2, 0) is 5.54 Å². The lowest BCUT2D eigenvalue weighted by atomic mass is 9.87. The molecule has 1 fully saturated rings. The topological polar surface area (TPSA) is 53.4 Å². The molecule has 1 N–H and O–H groups in total. The highest BCUT2D eigenvalue weighted by molar-refractivity contribution is 5.78. The molecule has 2 aromatic heterocycles. The molecular weight excluding hydrogens is 288 g/mol. The highest BCUT2D eigenvalue weighted by Gasteiger charge is 2.51. The van der Waals surface area contributed by atoms with E-state index in [2.05, 4.69) is 40.0 Å². The molecule has 3 aromatic rings. The Hall–Kier alpha value is -2.40. The van der Waals surface area contributed by atoms with Gasteiger partial charge in [0.25, 0.3) is 5.56 Å². The monoisotopic (exact) mass is 306 g/mol. The summed E-state index contributed by atoms with van der Waals surface area (Å²) >= 11 is 0. The van der Waals surface area contributed by atoms with Gasteiger partial charge < -0.3 is 4.98 Å². The highest BCUT2D eigenvalue weighted by atomic mass is 16.1. The maximum absolute atomic E-state index is 12.4. The summed E-state index contributed by atoms with van der Waals surface area (Å²) in [5.74, 6) is 0. The third kappa shape index (κ3) is 1.41. The first kappa shape index (κ1) is 13.1. The largest absolute Gasteiger partial charge is 0.317 e. The van der Waals surface area contributed by atoms with Crippen molar-refractivity contribution in [1.29, 1.82) is 0 Å². The molecule has 2 aliphatic rings. The van der Waals surface area contributed by atoms with Crippen LogP contribution < -0.4 is 5.56 Å². The molecule has 0 radical (unpaired) electrons. The smallest absolute Gasteiger partial charge is 0.292 e. The van der Waals surface area contributed by atoms with Gasteiger partial charge in [0.05, 0.1) is 16.9 Å². The number of aromatic amines is 1. The molecule has 1 saturated heterocycles. The van der Waals surface area contributed by atoms with Crippen molar-refractivity contribution in [2.75, 3.05) is 13.1 Å². The SMILES string of the molecule is CCN1CCCC12c1ccccc1-c1[nH]c(=O)c3nccn3c12. The molecule has 1 atom stereocenters. The predicted octanol–water partition coefficient (Wildman–Crippen LogP) is 2.36. The van der Waals surface area contributed by atoms with Gasteiger partial charge >= 0.3 is 0 Å². The normalized spacial score (nSPS) is 22.8. The number of rotatable bonds is 1. The van der Waals surface area contributed by atoms with Crippen molar-refractivity contribution < 1.29 is 0 Å². The number of benzene rings is 1. The molecule has 1 aliphatic heterocycles. The number of hydrogen-bond donors (Lipinski definition) is 1. The fourth-order valence-corrected chi connectivity index (χ4v) is 4.67. The van der Waals surface area contributed by atoms with Crippen molar-refractivity contribution in [2.45, 2.75) is 25.3 Å². The summed E-state index contributed by atoms with van der Waals surface area (Å²) < 4.78 is 2.00. The van der Waals surface area contributed by atoms with Crippen molar-refractivity contribution >= 4 is 5.65 Å². The number of nitrogens with zero attached hydrogens (tertiary/aromatic N) is 3. The zero-order chi connectivity index (χ0) is 15.6. The van der Waals surface area contributed by atoms with E-state index in [1.807, 2.05) is 16.7 Å². The van der Waals surface area contributed by atoms with Gasteiger partial charge in [-0.25, -0.2) is 4.98 Å². The van der Waals surface area contributed by atoms with Crippen molar-refractivity contribution in [3.63, 3.8) is 0 Å². The summed E-state index contributed by atoms with van der Waals surface area (Å²) in [6, 6.07) is 8.48. The minimum absolute atomic E-state index is 0.123. The van der Waals surface area contributed by atoms with Gasteiger partial charge in [-0.3, -0.25) is 14.1 Å². The van der Waals surface area contributed by atoms with E-state index in [4.69, 9.17) is 0 Å². The Morgan fingerprint density at radius 2 is 2.22 bits per heavy atom. The maximum Gasteiger partial charge on any atom is 0.292 e. The Kier molecular flexibility index (Phi) is 2.46. The Labute approximate surface area is 133 Å². The van der Waals surface area contributed by atoms with Crippen molar-refractivity contribution in [2.24, 2.45) is 0 Å². The van der Waals surface area contributed by atoms with Gasteiger partial charge in [0.1, 0.15) is 0 Å². The second-order valence-electron chi connectivity index (χ2n) is 6.39. The van der Waals surface area contributed by atoms with Crippen LogP contribution in [0, 0.1) is 0 Å². The van der Waals surface area contributed by atoms with E-state index in [0.29, 0.717) is 5.65 Å². The molecular formula is C18H18N4O. The lowest BCUT2D eigenvalue weighted by Gasteiger charge is -2.36. The van der Waals surface area contributed by atoms with Crippen LogP contribution in [-0.4, -0.2) is 32.4 Å². The van der Waals surface area contributed by atoms with Crippen LogP contribution in [0.3, 0.4) is 0 Å². The molecule has 5 heteroatoms. The van der Waals surface area contributed by atoms with E-state index in [1.165, 1.54) is 11.3 Å². The lowest BCUT2D eigenvalue weighted by Crippen LogP contribution is -2.42. The van der Waals surface area contributed by atoms with Gasteiger partial charge in [-0.05, 0) is 31.5 Å². The molecule has 5 rings (SSSR count). The van der Waals surface area contributed by atoms with E-state index >= 15 is 0 Å². The highest BCUT2D eigenvalue weighted by Crippen LogP contribution is 2.54. The van der Waals surface area contributed by atoms with Gasteiger partial charge in [0, 0.05) is 18.0 Å². The number of fused-ring (bicyclic) bond motifs is 7. The second-order valence-corrected chi connectivity index (χ2v) is 6.39. The van der Waals surface area contributed by atoms with Crippen molar-refractivity contribution in [3.05, 3.63) is 58.3 Å². The van der Waals surface area contributed by atoms with E-state index in [-0.39, 0.29) is 11.1 Å². The number of imidazole rings is 1. The van der Waals surface area contributed by atoms with Crippen LogP contribution in [0.25, 0.3) is 16.9 Å². The maximum atomic E-state index is 12.4. The standard InChI is InChI=1S/C18H18N4O/c1-2-21-10-5-8-18(21)13-7-4-3-6-12(13)14-15(18)22-11-9-19-16(22)17(23)20-14/h3-4,6-7,9,11H,2,5,8,10H2,1H3,(H,20,23). The minimum atomic E-state index is -0.149. The molecule has 0 bridgehead atoms.